The lowest BCUT2D eigenvalue weighted by molar-refractivity contribution is 0.353. The van der Waals surface area contributed by atoms with Crippen LogP contribution in [0.25, 0.3) is 0 Å². The molecule has 0 amide bonds. The van der Waals surface area contributed by atoms with Crippen LogP contribution in [0.5, 0.6) is 0 Å². The average molecular weight is 254 g/mol. The van der Waals surface area contributed by atoms with E-state index in [-0.39, 0.29) is 5.54 Å². The highest BCUT2D eigenvalue weighted by atomic mass is 32.1. The predicted molar refractivity (Wildman–Crippen MR) is 76.7 cm³/mol. The van der Waals surface area contributed by atoms with E-state index >= 15 is 0 Å². The molecule has 0 saturated heterocycles. The third-order valence-electron chi connectivity index (χ3n) is 2.78. The van der Waals surface area contributed by atoms with E-state index in [9.17, 15) is 0 Å². The normalized spacial score (nSPS) is 13.9. The molecule has 0 aliphatic carbocycles. The fourth-order valence-electron chi connectivity index (χ4n) is 1.93. The Labute approximate surface area is 110 Å². The van der Waals surface area contributed by atoms with Gasteiger partial charge in [-0.2, -0.15) is 0 Å². The Morgan fingerprint density at radius 1 is 1.41 bits per heavy atom. The molecule has 0 aliphatic heterocycles. The van der Waals surface area contributed by atoms with E-state index in [1.165, 1.54) is 23.5 Å². The van der Waals surface area contributed by atoms with Crippen LogP contribution in [-0.2, 0) is 6.42 Å². The zero-order valence-corrected chi connectivity index (χ0v) is 12.7. The molecule has 0 saturated carbocycles. The number of hydrogen-bond acceptors (Lipinski definition) is 3. The molecular weight excluding hydrogens is 228 g/mol. The molecule has 0 aromatic carbocycles. The number of hydrogen-bond donors (Lipinski definition) is 1. The van der Waals surface area contributed by atoms with Crippen LogP contribution in [-0.4, -0.2) is 17.1 Å². The molecule has 17 heavy (non-hydrogen) atoms. The maximum atomic E-state index is 4.57. The van der Waals surface area contributed by atoms with E-state index in [0.717, 1.165) is 13.0 Å². The van der Waals surface area contributed by atoms with Crippen molar-refractivity contribution in [2.24, 2.45) is 5.92 Å². The standard InChI is InChI=1S/C14H26N2S/c1-6-7-12(9-15-14(3,4)5)8-13-10-17-11(2)16-13/h10,12,15H,6-9H2,1-5H3. The van der Waals surface area contributed by atoms with Gasteiger partial charge in [-0.15, -0.1) is 11.3 Å². The maximum Gasteiger partial charge on any atom is 0.0897 e. The van der Waals surface area contributed by atoms with Crippen LogP contribution in [0.4, 0.5) is 0 Å². The summed E-state index contributed by atoms with van der Waals surface area (Å²) in [5.74, 6) is 0.709. The van der Waals surface area contributed by atoms with Crippen LogP contribution >= 0.6 is 11.3 Å². The summed E-state index contributed by atoms with van der Waals surface area (Å²) in [4.78, 5) is 4.57. The molecule has 0 radical (unpaired) electrons. The Balaban J connectivity index is 2.48. The van der Waals surface area contributed by atoms with Crippen molar-refractivity contribution in [1.82, 2.24) is 10.3 Å². The van der Waals surface area contributed by atoms with Gasteiger partial charge in [0.15, 0.2) is 0 Å². The molecule has 0 bridgehead atoms. The van der Waals surface area contributed by atoms with Gasteiger partial charge in [-0.05, 0) is 53.0 Å². The minimum absolute atomic E-state index is 0.212. The molecule has 1 rings (SSSR count). The van der Waals surface area contributed by atoms with E-state index in [1.54, 1.807) is 11.3 Å². The van der Waals surface area contributed by atoms with Gasteiger partial charge in [0.2, 0.25) is 0 Å². The second kappa shape index (κ2) is 6.50. The lowest BCUT2D eigenvalue weighted by Gasteiger charge is -2.25. The first-order valence-corrected chi connectivity index (χ1v) is 7.44. The van der Waals surface area contributed by atoms with Crippen molar-refractivity contribution < 1.29 is 0 Å². The minimum atomic E-state index is 0.212. The number of aromatic nitrogens is 1. The van der Waals surface area contributed by atoms with E-state index in [1.807, 2.05) is 0 Å². The van der Waals surface area contributed by atoms with Crippen LogP contribution in [0.3, 0.4) is 0 Å². The Bertz CT molecular complexity index is 325. The highest BCUT2D eigenvalue weighted by Crippen LogP contribution is 2.16. The summed E-state index contributed by atoms with van der Waals surface area (Å²) in [6.07, 6.45) is 3.64. The lowest BCUT2D eigenvalue weighted by Crippen LogP contribution is -2.39. The Morgan fingerprint density at radius 2 is 2.12 bits per heavy atom. The van der Waals surface area contributed by atoms with Gasteiger partial charge in [0.05, 0.1) is 10.7 Å². The van der Waals surface area contributed by atoms with Crippen molar-refractivity contribution >= 4 is 11.3 Å². The quantitative estimate of drug-likeness (QED) is 0.835. The first-order chi connectivity index (χ1) is 7.90. The van der Waals surface area contributed by atoms with Gasteiger partial charge in [-0.3, -0.25) is 0 Å². The molecule has 1 N–H and O–H groups in total. The van der Waals surface area contributed by atoms with Gasteiger partial charge >= 0.3 is 0 Å². The SMILES string of the molecule is CCCC(CNC(C)(C)C)Cc1csc(C)n1. The number of rotatable bonds is 6. The predicted octanol–water partition coefficient (Wildman–Crippen LogP) is 3.80. The van der Waals surface area contributed by atoms with Gasteiger partial charge in [0.1, 0.15) is 0 Å². The van der Waals surface area contributed by atoms with Crippen molar-refractivity contribution in [3.05, 3.63) is 16.1 Å². The number of nitrogens with zero attached hydrogens (tertiary/aromatic N) is 1. The van der Waals surface area contributed by atoms with E-state index in [2.05, 4.69) is 50.3 Å². The summed E-state index contributed by atoms with van der Waals surface area (Å²) in [5.41, 5.74) is 1.48. The van der Waals surface area contributed by atoms with Gasteiger partial charge in [-0.1, -0.05) is 13.3 Å². The summed E-state index contributed by atoms with van der Waals surface area (Å²) in [6.45, 7) is 12.1. The molecule has 0 fully saturated rings. The van der Waals surface area contributed by atoms with Gasteiger partial charge in [0.25, 0.3) is 0 Å². The molecule has 1 aromatic heterocycles. The van der Waals surface area contributed by atoms with Crippen molar-refractivity contribution in [3.8, 4) is 0 Å². The number of nitrogens with one attached hydrogen (secondary N) is 1. The molecule has 1 atom stereocenters. The van der Waals surface area contributed by atoms with Crippen LogP contribution in [0, 0.1) is 12.8 Å². The topological polar surface area (TPSA) is 24.9 Å². The molecule has 1 aromatic rings. The van der Waals surface area contributed by atoms with E-state index in [4.69, 9.17) is 0 Å². The highest BCUT2D eigenvalue weighted by molar-refractivity contribution is 7.09. The molecule has 2 nitrogen and oxygen atoms in total. The Hall–Kier alpha value is -0.410. The average Bonchev–Trinajstić information content (AvgIpc) is 2.60. The van der Waals surface area contributed by atoms with Crippen molar-refractivity contribution in [3.63, 3.8) is 0 Å². The number of aryl methyl sites for hydroxylation is 1. The van der Waals surface area contributed by atoms with Crippen LogP contribution in [0.2, 0.25) is 0 Å². The van der Waals surface area contributed by atoms with E-state index < -0.39 is 0 Å². The molecular formula is C14H26N2S. The van der Waals surface area contributed by atoms with Crippen LogP contribution < -0.4 is 5.32 Å². The third kappa shape index (κ3) is 6.18. The molecule has 0 aliphatic rings. The third-order valence-corrected chi connectivity index (χ3v) is 3.60. The summed E-state index contributed by atoms with van der Waals surface area (Å²) in [7, 11) is 0. The fourth-order valence-corrected chi connectivity index (χ4v) is 2.56. The largest absolute Gasteiger partial charge is 0.312 e. The van der Waals surface area contributed by atoms with E-state index in [0.29, 0.717) is 5.92 Å². The highest BCUT2D eigenvalue weighted by Gasteiger charge is 2.15. The van der Waals surface area contributed by atoms with Crippen LogP contribution in [0.15, 0.2) is 5.38 Å². The first-order valence-electron chi connectivity index (χ1n) is 6.56. The molecule has 1 unspecified atom stereocenters. The zero-order chi connectivity index (χ0) is 12.9. The second-order valence-corrected chi connectivity index (χ2v) is 6.91. The summed E-state index contributed by atoms with van der Waals surface area (Å²) < 4.78 is 0. The monoisotopic (exact) mass is 254 g/mol. The Morgan fingerprint density at radius 3 is 2.59 bits per heavy atom. The van der Waals surface area contributed by atoms with Gasteiger partial charge < -0.3 is 5.32 Å². The second-order valence-electron chi connectivity index (χ2n) is 5.85. The van der Waals surface area contributed by atoms with Gasteiger partial charge in [0, 0.05) is 10.9 Å². The van der Waals surface area contributed by atoms with Crippen LogP contribution in [0.1, 0.15) is 51.2 Å². The van der Waals surface area contributed by atoms with Crippen molar-refractivity contribution in [1.29, 1.82) is 0 Å². The zero-order valence-electron chi connectivity index (χ0n) is 11.8. The molecule has 1 heterocycles. The van der Waals surface area contributed by atoms with Gasteiger partial charge in [-0.25, -0.2) is 4.98 Å². The smallest absolute Gasteiger partial charge is 0.0897 e. The van der Waals surface area contributed by atoms with Crippen molar-refractivity contribution in [2.45, 2.75) is 59.4 Å². The molecule has 3 heteroatoms. The Kier molecular flexibility index (Phi) is 5.60. The first kappa shape index (κ1) is 14.7. The summed E-state index contributed by atoms with van der Waals surface area (Å²) in [5, 5.41) is 6.99. The molecule has 98 valence electrons. The summed E-state index contributed by atoms with van der Waals surface area (Å²) >= 11 is 1.76. The molecule has 0 spiro atoms. The van der Waals surface area contributed by atoms with Crippen molar-refractivity contribution in [2.75, 3.05) is 6.54 Å². The summed E-state index contributed by atoms with van der Waals surface area (Å²) in [6, 6.07) is 0. The fraction of sp³-hybridized carbons (Fsp3) is 0.786. The minimum Gasteiger partial charge on any atom is -0.312 e. The maximum absolute atomic E-state index is 4.57. The lowest BCUT2D eigenvalue weighted by atomic mass is 9.97. The number of thiazole rings is 1.